The number of nitrogens with two attached hydrogens (primary N) is 1. The summed E-state index contributed by atoms with van der Waals surface area (Å²) in [7, 11) is 0. The van der Waals surface area contributed by atoms with Gasteiger partial charge < -0.3 is 11.1 Å². The predicted octanol–water partition coefficient (Wildman–Crippen LogP) is 4.08. The van der Waals surface area contributed by atoms with Crippen molar-refractivity contribution in [2.45, 2.75) is 0 Å². The van der Waals surface area contributed by atoms with Crippen LogP contribution in [0, 0.1) is 5.82 Å². The lowest BCUT2D eigenvalue weighted by Crippen LogP contribution is -2.14. The number of nitrogen functional groups attached to an aromatic ring is 1. The van der Waals surface area contributed by atoms with Crippen molar-refractivity contribution in [2.75, 3.05) is 11.1 Å². The monoisotopic (exact) mass is 342 g/mol. The SMILES string of the molecule is Nc1ccc(C(=O)Nc2cc(Br)ccc2Cl)c(F)c1. The number of carbonyl (C=O) groups excluding carboxylic acids is 1. The molecule has 3 nitrogen and oxygen atoms in total. The van der Waals surface area contributed by atoms with Gasteiger partial charge in [-0.15, -0.1) is 0 Å². The molecule has 0 atom stereocenters. The summed E-state index contributed by atoms with van der Waals surface area (Å²) in [6, 6.07) is 8.88. The van der Waals surface area contributed by atoms with Crippen LogP contribution in [0.15, 0.2) is 40.9 Å². The number of halogens is 3. The quantitative estimate of drug-likeness (QED) is 0.807. The van der Waals surface area contributed by atoms with Gasteiger partial charge in [-0.3, -0.25) is 4.79 Å². The molecule has 0 radical (unpaired) electrons. The van der Waals surface area contributed by atoms with Crippen LogP contribution in [-0.4, -0.2) is 5.91 Å². The van der Waals surface area contributed by atoms with Gasteiger partial charge >= 0.3 is 0 Å². The third-order valence-corrected chi connectivity index (χ3v) is 3.24. The molecule has 0 saturated carbocycles. The van der Waals surface area contributed by atoms with E-state index in [-0.39, 0.29) is 11.3 Å². The van der Waals surface area contributed by atoms with Crippen LogP contribution in [-0.2, 0) is 0 Å². The van der Waals surface area contributed by atoms with Gasteiger partial charge in [0.25, 0.3) is 5.91 Å². The Morgan fingerprint density at radius 2 is 2.00 bits per heavy atom. The van der Waals surface area contributed by atoms with Crippen LogP contribution in [0.25, 0.3) is 0 Å². The minimum atomic E-state index is -0.677. The zero-order chi connectivity index (χ0) is 14.0. The second-order valence-electron chi connectivity index (χ2n) is 3.82. The maximum Gasteiger partial charge on any atom is 0.258 e. The highest BCUT2D eigenvalue weighted by Crippen LogP contribution is 2.26. The molecular formula is C13H9BrClFN2O. The molecule has 0 bridgehead atoms. The average Bonchev–Trinajstić information content (AvgIpc) is 2.33. The van der Waals surface area contributed by atoms with Crippen molar-refractivity contribution < 1.29 is 9.18 Å². The fourth-order valence-electron chi connectivity index (χ4n) is 1.50. The lowest BCUT2D eigenvalue weighted by atomic mass is 10.1. The van der Waals surface area contributed by atoms with Crippen LogP contribution in [0.3, 0.4) is 0 Å². The molecule has 0 aliphatic rings. The van der Waals surface area contributed by atoms with Gasteiger partial charge in [0.1, 0.15) is 5.82 Å². The maximum absolute atomic E-state index is 13.6. The van der Waals surface area contributed by atoms with Crippen LogP contribution in [0.4, 0.5) is 15.8 Å². The van der Waals surface area contributed by atoms with Crippen molar-refractivity contribution in [3.8, 4) is 0 Å². The van der Waals surface area contributed by atoms with E-state index in [1.54, 1.807) is 18.2 Å². The van der Waals surface area contributed by atoms with Crippen LogP contribution in [0.1, 0.15) is 10.4 Å². The minimum Gasteiger partial charge on any atom is -0.399 e. The number of rotatable bonds is 2. The summed E-state index contributed by atoms with van der Waals surface area (Å²) < 4.78 is 14.4. The summed E-state index contributed by atoms with van der Waals surface area (Å²) in [6.07, 6.45) is 0. The van der Waals surface area contributed by atoms with Crippen LogP contribution in [0.2, 0.25) is 5.02 Å². The highest BCUT2D eigenvalue weighted by Gasteiger charge is 2.13. The first-order valence-electron chi connectivity index (χ1n) is 5.29. The third-order valence-electron chi connectivity index (χ3n) is 2.41. The normalized spacial score (nSPS) is 10.3. The van der Waals surface area contributed by atoms with Crippen molar-refractivity contribution in [3.63, 3.8) is 0 Å². The number of carbonyl (C=O) groups is 1. The number of amides is 1. The second kappa shape index (κ2) is 5.59. The molecule has 3 N–H and O–H groups in total. The fourth-order valence-corrected chi connectivity index (χ4v) is 2.02. The van der Waals surface area contributed by atoms with Crippen molar-refractivity contribution in [1.82, 2.24) is 0 Å². The molecule has 2 rings (SSSR count). The predicted molar refractivity (Wildman–Crippen MR) is 77.9 cm³/mol. The molecular weight excluding hydrogens is 335 g/mol. The van der Waals surface area contributed by atoms with Gasteiger partial charge in [-0.2, -0.15) is 0 Å². The Morgan fingerprint density at radius 1 is 1.26 bits per heavy atom. The molecule has 19 heavy (non-hydrogen) atoms. The molecule has 2 aromatic carbocycles. The lowest BCUT2D eigenvalue weighted by Gasteiger charge is -2.08. The van der Waals surface area contributed by atoms with E-state index in [1.807, 2.05) is 0 Å². The average molecular weight is 344 g/mol. The highest BCUT2D eigenvalue weighted by molar-refractivity contribution is 9.10. The molecule has 98 valence electrons. The molecule has 0 heterocycles. The summed E-state index contributed by atoms with van der Waals surface area (Å²) in [4.78, 5) is 11.9. The smallest absolute Gasteiger partial charge is 0.258 e. The number of benzene rings is 2. The zero-order valence-corrected chi connectivity index (χ0v) is 11.9. The van der Waals surface area contributed by atoms with E-state index in [1.165, 1.54) is 12.1 Å². The van der Waals surface area contributed by atoms with Gasteiger partial charge in [-0.1, -0.05) is 27.5 Å². The molecule has 0 fully saturated rings. The van der Waals surface area contributed by atoms with E-state index < -0.39 is 11.7 Å². The zero-order valence-electron chi connectivity index (χ0n) is 9.58. The summed E-state index contributed by atoms with van der Waals surface area (Å²) in [5, 5.41) is 2.91. The summed E-state index contributed by atoms with van der Waals surface area (Å²) >= 11 is 9.21. The summed E-state index contributed by atoms with van der Waals surface area (Å²) in [5.74, 6) is -1.26. The Balaban J connectivity index is 2.28. The van der Waals surface area contributed by atoms with E-state index in [2.05, 4.69) is 21.2 Å². The maximum atomic E-state index is 13.6. The first-order chi connectivity index (χ1) is 8.97. The van der Waals surface area contributed by atoms with Crippen molar-refractivity contribution in [1.29, 1.82) is 0 Å². The number of anilines is 2. The van der Waals surface area contributed by atoms with E-state index in [0.717, 1.165) is 10.5 Å². The van der Waals surface area contributed by atoms with Gasteiger partial charge in [0, 0.05) is 10.2 Å². The van der Waals surface area contributed by atoms with Gasteiger partial charge in [0.05, 0.1) is 16.3 Å². The Labute approximate surface area is 122 Å². The Bertz CT molecular complexity index is 649. The number of hydrogen-bond acceptors (Lipinski definition) is 2. The van der Waals surface area contributed by atoms with Crippen LogP contribution >= 0.6 is 27.5 Å². The molecule has 0 unspecified atom stereocenters. The van der Waals surface area contributed by atoms with Gasteiger partial charge in [0.15, 0.2) is 0 Å². The highest BCUT2D eigenvalue weighted by atomic mass is 79.9. The Morgan fingerprint density at radius 3 is 2.68 bits per heavy atom. The van der Waals surface area contributed by atoms with Crippen molar-refractivity contribution >= 4 is 44.8 Å². The van der Waals surface area contributed by atoms with E-state index >= 15 is 0 Å². The molecule has 0 aliphatic carbocycles. The number of hydrogen-bond donors (Lipinski definition) is 2. The molecule has 0 saturated heterocycles. The Hall–Kier alpha value is -1.59. The first kappa shape index (κ1) is 13.8. The fraction of sp³-hybridized carbons (Fsp3) is 0. The van der Waals surface area contributed by atoms with E-state index in [4.69, 9.17) is 17.3 Å². The minimum absolute atomic E-state index is 0.0924. The van der Waals surface area contributed by atoms with Gasteiger partial charge in [-0.25, -0.2) is 4.39 Å². The Kier molecular flexibility index (Phi) is 4.07. The third kappa shape index (κ3) is 3.24. The largest absolute Gasteiger partial charge is 0.399 e. The van der Waals surface area contributed by atoms with Gasteiger partial charge in [-0.05, 0) is 36.4 Å². The van der Waals surface area contributed by atoms with E-state index in [9.17, 15) is 9.18 Å². The standard InChI is InChI=1S/C13H9BrClFN2O/c14-7-1-4-10(15)12(5-7)18-13(19)9-3-2-8(17)6-11(9)16/h1-6H,17H2,(H,18,19). The van der Waals surface area contributed by atoms with E-state index in [0.29, 0.717) is 10.7 Å². The molecule has 2 aromatic rings. The van der Waals surface area contributed by atoms with Crippen LogP contribution in [0.5, 0.6) is 0 Å². The molecule has 0 aromatic heterocycles. The molecule has 0 spiro atoms. The van der Waals surface area contributed by atoms with Gasteiger partial charge in [0.2, 0.25) is 0 Å². The number of nitrogens with one attached hydrogen (secondary N) is 1. The molecule has 0 aliphatic heterocycles. The molecule has 6 heteroatoms. The first-order valence-corrected chi connectivity index (χ1v) is 6.46. The second-order valence-corrected chi connectivity index (χ2v) is 5.14. The lowest BCUT2D eigenvalue weighted by molar-refractivity contribution is 0.102. The molecule has 1 amide bonds. The van der Waals surface area contributed by atoms with Crippen molar-refractivity contribution in [3.05, 3.63) is 57.3 Å². The van der Waals surface area contributed by atoms with Crippen molar-refractivity contribution in [2.24, 2.45) is 0 Å². The topological polar surface area (TPSA) is 55.1 Å². The summed E-state index contributed by atoms with van der Waals surface area (Å²) in [6.45, 7) is 0. The summed E-state index contributed by atoms with van der Waals surface area (Å²) in [5.41, 5.74) is 5.99. The van der Waals surface area contributed by atoms with Crippen LogP contribution < -0.4 is 11.1 Å².